The van der Waals surface area contributed by atoms with Gasteiger partial charge in [-0.05, 0) is 50.1 Å². The molecule has 0 saturated heterocycles. The van der Waals surface area contributed by atoms with Crippen molar-refractivity contribution in [1.82, 2.24) is 10.0 Å². The summed E-state index contributed by atoms with van der Waals surface area (Å²) in [6.07, 6.45) is 23.0. The van der Waals surface area contributed by atoms with E-state index in [1.807, 2.05) is 0 Å². The number of nitrogens with zero attached hydrogens (tertiary/aromatic N) is 1. The minimum Gasteiger partial charge on any atom is -0.430 e. The molecule has 4 heterocycles. The second kappa shape index (κ2) is 8.14. The zero-order valence-electron chi connectivity index (χ0n) is 14.6. The van der Waals surface area contributed by atoms with Gasteiger partial charge in [0.2, 0.25) is 0 Å². The van der Waals surface area contributed by atoms with E-state index in [-0.39, 0.29) is 0 Å². The Morgan fingerprint density at radius 2 is 2.12 bits per heavy atom. The molecule has 0 aromatic heterocycles. The first kappa shape index (κ1) is 16.8. The Balaban J connectivity index is 1.87. The summed E-state index contributed by atoms with van der Waals surface area (Å²) in [5, 5.41) is 3.55. The fourth-order valence-corrected chi connectivity index (χ4v) is 3.58. The van der Waals surface area contributed by atoms with Crippen LogP contribution in [0.15, 0.2) is 84.2 Å². The molecule has 0 aromatic carbocycles. The van der Waals surface area contributed by atoms with Crippen molar-refractivity contribution in [3.8, 4) is 0 Å². The number of nitrogens with one attached hydrogen (secondary N) is 1. The maximum absolute atomic E-state index is 4.30. The maximum Gasteiger partial charge on any atom is 0.285 e. The number of rotatable bonds is 2. The molecular formula is C20H26B2N2. The molecule has 0 amide bonds. The molecular weight excluding hydrogens is 290 g/mol. The van der Waals surface area contributed by atoms with E-state index in [4.69, 9.17) is 0 Å². The zero-order chi connectivity index (χ0) is 16.8. The van der Waals surface area contributed by atoms with E-state index in [0.717, 1.165) is 37.6 Å². The Kier molecular flexibility index (Phi) is 5.68. The van der Waals surface area contributed by atoms with Gasteiger partial charge < -0.3 is 10.0 Å². The van der Waals surface area contributed by atoms with Gasteiger partial charge in [-0.2, -0.15) is 0 Å². The minimum atomic E-state index is 0.352. The summed E-state index contributed by atoms with van der Waals surface area (Å²) in [6.45, 7) is 7.14. The molecule has 4 aliphatic heterocycles. The van der Waals surface area contributed by atoms with Gasteiger partial charge in [0.05, 0.1) is 0 Å². The van der Waals surface area contributed by atoms with Gasteiger partial charge in [-0.1, -0.05) is 61.6 Å². The van der Waals surface area contributed by atoms with Crippen molar-refractivity contribution in [2.45, 2.75) is 38.8 Å². The maximum atomic E-state index is 4.30. The molecule has 2 bridgehead atoms. The zero-order valence-corrected chi connectivity index (χ0v) is 14.6. The van der Waals surface area contributed by atoms with Gasteiger partial charge in [0.15, 0.2) is 0 Å². The van der Waals surface area contributed by atoms with Crippen molar-refractivity contribution in [1.29, 1.82) is 0 Å². The van der Waals surface area contributed by atoms with E-state index in [1.54, 1.807) is 0 Å². The van der Waals surface area contributed by atoms with Gasteiger partial charge in [0.25, 0.3) is 13.7 Å². The molecule has 0 radical (unpaired) electrons. The Bertz CT molecular complexity index is 653. The minimum absolute atomic E-state index is 0.352. The lowest BCUT2D eigenvalue weighted by atomic mass is 9.46. The highest BCUT2D eigenvalue weighted by Gasteiger charge is 2.27. The number of allylic oxidation sites excluding steroid dienone is 9. The van der Waals surface area contributed by atoms with Crippen LogP contribution in [0.25, 0.3) is 0 Å². The third-order valence-electron chi connectivity index (χ3n) is 4.86. The van der Waals surface area contributed by atoms with Crippen LogP contribution in [0.3, 0.4) is 0 Å². The highest BCUT2D eigenvalue weighted by Crippen LogP contribution is 2.28. The lowest BCUT2D eigenvalue weighted by Gasteiger charge is -2.35. The normalized spacial score (nSPS) is 21.5. The second-order valence-electron chi connectivity index (χ2n) is 6.64. The summed E-state index contributed by atoms with van der Waals surface area (Å²) >= 11 is 0. The monoisotopic (exact) mass is 316 g/mol. The van der Waals surface area contributed by atoms with Crippen molar-refractivity contribution < 1.29 is 0 Å². The average Bonchev–Trinajstić information content (AvgIpc) is 2.58. The van der Waals surface area contributed by atoms with Gasteiger partial charge in [-0.3, -0.25) is 0 Å². The van der Waals surface area contributed by atoms with Crippen molar-refractivity contribution in [3.05, 3.63) is 84.2 Å². The first-order valence-electron chi connectivity index (χ1n) is 9.06. The van der Waals surface area contributed by atoms with Crippen molar-refractivity contribution in [3.63, 3.8) is 0 Å². The SMILES string of the molecule is C=C1C=CC=C2CCCC3=CNB(C=C3)CCB(/C=C\C=C/C)N12. The van der Waals surface area contributed by atoms with Crippen LogP contribution in [-0.4, -0.2) is 18.5 Å². The quantitative estimate of drug-likeness (QED) is 0.588. The highest BCUT2D eigenvalue weighted by atomic mass is 15.1. The molecule has 0 aromatic rings. The van der Waals surface area contributed by atoms with Gasteiger partial charge in [0.1, 0.15) is 0 Å². The number of hydrogen-bond acceptors (Lipinski definition) is 2. The average molecular weight is 316 g/mol. The molecule has 1 N–H and O–H groups in total. The molecule has 122 valence electrons. The van der Waals surface area contributed by atoms with Crippen molar-refractivity contribution >= 4 is 13.7 Å². The second-order valence-corrected chi connectivity index (χ2v) is 6.64. The number of hydrogen-bond donors (Lipinski definition) is 1. The molecule has 4 aliphatic rings. The Hall–Kier alpha value is -2.09. The summed E-state index contributed by atoms with van der Waals surface area (Å²) in [5.41, 5.74) is 3.91. The van der Waals surface area contributed by atoms with E-state index in [0.29, 0.717) is 13.7 Å². The smallest absolute Gasteiger partial charge is 0.285 e. The first-order valence-corrected chi connectivity index (χ1v) is 9.06. The molecule has 0 saturated carbocycles. The van der Waals surface area contributed by atoms with Crippen LogP contribution in [-0.2, 0) is 0 Å². The van der Waals surface area contributed by atoms with Gasteiger partial charge in [-0.15, -0.1) is 0 Å². The summed E-state index contributed by atoms with van der Waals surface area (Å²) in [6, 6.07) is 0. The molecule has 0 unspecified atom stereocenters. The standard InChI is InChI=1S/C20H26B2N2/c1-3-4-5-13-22-16-15-21-14-12-19(17-23-21)9-7-11-20-10-6-8-18(2)24(20)22/h3-6,8,10,12-14,17,23H,2,7,9,11,15-16H2,1H3/b4-3-,13-5-. The van der Waals surface area contributed by atoms with Gasteiger partial charge in [0, 0.05) is 11.4 Å². The predicted molar refractivity (Wildman–Crippen MR) is 107 cm³/mol. The van der Waals surface area contributed by atoms with Crippen LogP contribution in [0.2, 0.25) is 12.6 Å². The van der Waals surface area contributed by atoms with E-state index in [1.165, 1.54) is 11.3 Å². The fraction of sp³-hybridized carbons (Fsp3) is 0.300. The molecule has 0 spiro atoms. The summed E-state index contributed by atoms with van der Waals surface area (Å²) in [7, 11) is 0. The predicted octanol–water partition coefficient (Wildman–Crippen LogP) is 4.68. The lowest BCUT2D eigenvalue weighted by Crippen LogP contribution is -2.39. The summed E-state index contributed by atoms with van der Waals surface area (Å²) in [5.74, 6) is 4.64. The van der Waals surface area contributed by atoms with Crippen molar-refractivity contribution in [2.75, 3.05) is 0 Å². The third-order valence-corrected chi connectivity index (χ3v) is 4.86. The fourth-order valence-electron chi connectivity index (χ4n) is 3.58. The van der Waals surface area contributed by atoms with E-state index in [9.17, 15) is 0 Å². The molecule has 0 atom stereocenters. The van der Waals surface area contributed by atoms with Crippen LogP contribution >= 0.6 is 0 Å². The van der Waals surface area contributed by atoms with E-state index in [2.05, 4.69) is 84.2 Å². The first-order chi connectivity index (χ1) is 11.8. The molecule has 4 rings (SSSR count). The van der Waals surface area contributed by atoms with Gasteiger partial charge >= 0.3 is 0 Å². The highest BCUT2D eigenvalue weighted by molar-refractivity contribution is 6.68. The molecule has 4 heteroatoms. The van der Waals surface area contributed by atoms with E-state index < -0.39 is 0 Å². The molecule has 24 heavy (non-hydrogen) atoms. The molecule has 0 aliphatic carbocycles. The van der Waals surface area contributed by atoms with Crippen LogP contribution < -0.4 is 5.23 Å². The van der Waals surface area contributed by atoms with Crippen LogP contribution in [0.4, 0.5) is 0 Å². The van der Waals surface area contributed by atoms with Crippen LogP contribution in [0, 0.1) is 0 Å². The molecule has 0 fully saturated rings. The molecule has 2 nitrogen and oxygen atoms in total. The topological polar surface area (TPSA) is 15.3 Å². The Morgan fingerprint density at radius 1 is 1.21 bits per heavy atom. The van der Waals surface area contributed by atoms with Crippen LogP contribution in [0.1, 0.15) is 26.2 Å². The van der Waals surface area contributed by atoms with Gasteiger partial charge in [-0.25, -0.2) is 0 Å². The summed E-state index contributed by atoms with van der Waals surface area (Å²) < 4.78 is 0. The largest absolute Gasteiger partial charge is 0.430 e. The van der Waals surface area contributed by atoms with Crippen molar-refractivity contribution in [2.24, 2.45) is 0 Å². The summed E-state index contributed by atoms with van der Waals surface area (Å²) in [4.78, 5) is 2.44. The number of fused-ring (bicyclic) bond motifs is 5. The van der Waals surface area contributed by atoms with Crippen LogP contribution in [0.5, 0.6) is 0 Å². The Labute approximate surface area is 147 Å². The lowest BCUT2D eigenvalue weighted by molar-refractivity contribution is 0.604. The van der Waals surface area contributed by atoms with E-state index >= 15 is 0 Å². The third kappa shape index (κ3) is 4.05. The Morgan fingerprint density at radius 3 is 2.92 bits per heavy atom.